The first kappa shape index (κ1) is 22.7. The van der Waals surface area contributed by atoms with Crippen LogP contribution in [0.5, 0.6) is 0 Å². The number of carbonyl (C=O) groups excluding carboxylic acids is 3. The summed E-state index contributed by atoms with van der Waals surface area (Å²) >= 11 is 11.7. The molecule has 1 aliphatic rings. The fraction of sp³-hybridized carbons (Fsp3) is 0.238. The van der Waals surface area contributed by atoms with Crippen molar-refractivity contribution in [3.63, 3.8) is 0 Å². The number of halogens is 3. The Kier molecular flexibility index (Phi) is 6.92. The highest BCUT2D eigenvalue weighted by molar-refractivity contribution is 6.30. The van der Waals surface area contributed by atoms with E-state index >= 15 is 0 Å². The van der Waals surface area contributed by atoms with Gasteiger partial charge in [0.25, 0.3) is 5.91 Å². The van der Waals surface area contributed by atoms with Crippen LogP contribution >= 0.6 is 23.2 Å². The Labute approximate surface area is 188 Å². The first-order valence-corrected chi connectivity index (χ1v) is 10.0. The zero-order valence-electron chi connectivity index (χ0n) is 16.4. The van der Waals surface area contributed by atoms with Crippen molar-refractivity contribution in [2.45, 2.75) is 25.4 Å². The zero-order chi connectivity index (χ0) is 22.7. The van der Waals surface area contributed by atoms with Crippen molar-refractivity contribution in [3.8, 4) is 0 Å². The minimum absolute atomic E-state index is 0.0425. The normalized spacial score (nSPS) is 16.5. The number of aromatic nitrogens is 1. The van der Waals surface area contributed by atoms with Crippen LogP contribution in [0.1, 0.15) is 18.4 Å². The molecule has 1 aromatic heterocycles. The maximum atomic E-state index is 14.4. The molecule has 0 aliphatic carbocycles. The van der Waals surface area contributed by atoms with E-state index in [0.717, 1.165) is 16.5 Å². The van der Waals surface area contributed by atoms with Crippen LogP contribution in [0.2, 0.25) is 10.0 Å². The van der Waals surface area contributed by atoms with Crippen LogP contribution in [-0.4, -0.2) is 40.2 Å². The number of carbonyl (C=O) groups is 3. The van der Waals surface area contributed by atoms with E-state index in [0.29, 0.717) is 10.6 Å². The van der Waals surface area contributed by atoms with Gasteiger partial charge in [0, 0.05) is 24.2 Å². The molecule has 10 heteroatoms. The molecule has 0 radical (unpaired) electrons. The Bertz CT molecular complexity index is 1050. The monoisotopic (exact) mass is 464 g/mol. The molecule has 0 bridgehead atoms. The quantitative estimate of drug-likeness (QED) is 0.636. The fourth-order valence-corrected chi connectivity index (χ4v) is 3.57. The van der Waals surface area contributed by atoms with E-state index in [-0.39, 0.29) is 30.2 Å². The van der Waals surface area contributed by atoms with Crippen LogP contribution in [0.3, 0.4) is 0 Å². The van der Waals surface area contributed by atoms with Gasteiger partial charge in [-0.1, -0.05) is 41.9 Å². The average Bonchev–Trinajstić information content (AvgIpc) is 2.71. The van der Waals surface area contributed by atoms with Crippen LogP contribution in [-0.2, 0) is 20.9 Å². The Morgan fingerprint density at radius 1 is 1.19 bits per heavy atom. The Balaban J connectivity index is 1.95. The summed E-state index contributed by atoms with van der Waals surface area (Å²) in [5.41, 5.74) is 6.27. The molecule has 1 aromatic carbocycles. The summed E-state index contributed by atoms with van der Waals surface area (Å²) in [6, 6.07) is 6.70. The van der Waals surface area contributed by atoms with Gasteiger partial charge < -0.3 is 10.6 Å². The van der Waals surface area contributed by atoms with E-state index in [2.05, 4.69) is 11.6 Å². The van der Waals surface area contributed by atoms with Gasteiger partial charge in [0.2, 0.25) is 11.8 Å². The van der Waals surface area contributed by atoms with E-state index < -0.39 is 36.1 Å². The number of rotatable bonds is 7. The summed E-state index contributed by atoms with van der Waals surface area (Å²) in [5, 5.41) is 0.589. The van der Waals surface area contributed by atoms with E-state index in [1.165, 1.54) is 11.1 Å². The van der Waals surface area contributed by atoms with Gasteiger partial charge in [-0.15, -0.1) is 0 Å². The molecule has 3 amide bonds. The van der Waals surface area contributed by atoms with Crippen molar-refractivity contribution < 1.29 is 18.8 Å². The molecule has 1 fully saturated rings. The first-order valence-electron chi connectivity index (χ1n) is 9.29. The predicted molar refractivity (Wildman–Crippen MR) is 115 cm³/mol. The highest BCUT2D eigenvalue weighted by atomic mass is 35.5. The van der Waals surface area contributed by atoms with E-state index in [9.17, 15) is 18.8 Å². The number of primary amides is 1. The van der Waals surface area contributed by atoms with Gasteiger partial charge in [0.15, 0.2) is 11.6 Å². The van der Waals surface area contributed by atoms with Crippen LogP contribution in [0.25, 0.3) is 0 Å². The number of hydrogen-bond donors (Lipinski definition) is 1. The topological polar surface area (TPSA) is 96.6 Å². The molecule has 1 atom stereocenters. The molecular formula is C21H19Cl2FN4O3. The second-order valence-electron chi connectivity index (χ2n) is 7.06. The number of anilines is 1. The fourth-order valence-electron chi connectivity index (χ4n) is 3.30. The van der Waals surface area contributed by atoms with Gasteiger partial charge >= 0.3 is 0 Å². The lowest BCUT2D eigenvalue weighted by Crippen LogP contribution is -2.60. The molecule has 7 nitrogen and oxygen atoms in total. The minimum Gasteiger partial charge on any atom is -0.370 e. The van der Waals surface area contributed by atoms with E-state index in [1.807, 2.05) is 0 Å². The SMILES string of the molecule is C=C(CCC(N)=O)C1C(=O)N(c2ncc(Cl)cc2F)CC(=O)N1Cc1ccc(Cl)cc1. The molecule has 1 aliphatic heterocycles. The number of hydrogen-bond acceptors (Lipinski definition) is 4. The summed E-state index contributed by atoms with van der Waals surface area (Å²) in [6.07, 6.45) is 1.24. The molecule has 31 heavy (non-hydrogen) atoms. The van der Waals surface area contributed by atoms with Gasteiger partial charge in [-0.3, -0.25) is 19.3 Å². The van der Waals surface area contributed by atoms with Gasteiger partial charge in [-0.05, 0) is 35.8 Å². The average molecular weight is 465 g/mol. The Morgan fingerprint density at radius 3 is 2.48 bits per heavy atom. The third-order valence-electron chi connectivity index (χ3n) is 4.81. The van der Waals surface area contributed by atoms with Crippen molar-refractivity contribution in [2.24, 2.45) is 5.73 Å². The Morgan fingerprint density at radius 2 is 1.87 bits per heavy atom. The van der Waals surface area contributed by atoms with E-state index in [1.54, 1.807) is 24.3 Å². The van der Waals surface area contributed by atoms with Gasteiger partial charge in [0.05, 0.1) is 5.02 Å². The molecule has 1 unspecified atom stereocenters. The third kappa shape index (κ3) is 5.21. The lowest BCUT2D eigenvalue weighted by molar-refractivity contribution is -0.142. The zero-order valence-corrected chi connectivity index (χ0v) is 17.9. The highest BCUT2D eigenvalue weighted by Crippen LogP contribution is 2.29. The van der Waals surface area contributed by atoms with Crippen LogP contribution in [0.4, 0.5) is 10.2 Å². The Hall–Kier alpha value is -2.97. The van der Waals surface area contributed by atoms with Gasteiger partial charge in [0.1, 0.15) is 12.6 Å². The number of benzene rings is 1. The highest BCUT2D eigenvalue weighted by Gasteiger charge is 2.42. The second-order valence-corrected chi connectivity index (χ2v) is 7.93. The summed E-state index contributed by atoms with van der Waals surface area (Å²) in [5.74, 6) is -2.72. The molecule has 2 N–H and O–H groups in total. The minimum atomic E-state index is -1.12. The lowest BCUT2D eigenvalue weighted by Gasteiger charge is -2.40. The predicted octanol–water partition coefficient (Wildman–Crippen LogP) is 3.09. The number of piperazine rings is 1. The number of pyridine rings is 1. The van der Waals surface area contributed by atoms with Crippen molar-refractivity contribution in [3.05, 3.63) is 70.1 Å². The number of nitrogens with two attached hydrogens (primary N) is 1. The van der Waals surface area contributed by atoms with E-state index in [4.69, 9.17) is 28.9 Å². The van der Waals surface area contributed by atoms with Crippen molar-refractivity contribution in [1.82, 2.24) is 9.88 Å². The maximum Gasteiger partial charge on any atom is 0.255 e. The molecule has 0 spiro atoms. The van der Waals surface area contributed by atoms with Crippen LogP contribution in [0, 0.1) is 5.82 Å². The molecular weight excluding hydrogens is 446 g/mol. The van der Waals surface area contributed by atoms with Gasteiger partial charge in [-0.2, -0.15) is 0 Å². The lowest BCUT2D eigenvalue weighted by atomic mass is 9.97. The van der Waals surface area contributed by atoms with Crippen LogP contribution < -0.4 is 10.6 Å². The number of nitrogens with zero attached hydrogens (tertiary/aromatic N) is 3. The number of amides is 3. The molecule has 2 heterocycles. The van der Waals surface area contributed by atoms with Crippen LogP contribution in [0.15, 0.2) is 48.7 Å². The summed E-state index contributed by atoms with van der Waals surface area (Å²) < 4.78 is 14.4. The molecule has 3 rings (SSSR count). The maximum absolute atomic E-state index is 14.4. The summed E-state index contributed by atoms with van der Waals surface area (Å²) in [6.45, 7) is 3.60. The second kappa shape index (κ2) is 9.45. The van der Waals surface area contributed by atoms with Crippen molar-refractivity contribution in [1.29, 1.82) is 0 Å². The molecule has 0 saturated carbocycles. The molecule has 162 valence electrons. The standard InChI is InChI=1S/C21H19Cl2FN4O3/c1-12(2-7-17(25)29)19-21(31)28(20-16(24)8-15(23)9-26-20)11-18(30)27(19)10-13-3-5-14(22)6-4-13/h3-6,8-9,19H,1-2,7,10-11H2,(H2,25,29). The largest absolute Gasteiger partial charge is 0.370 e. The summed E-state index contributed by atoms with van der Waals surface area (Å²) in [4.78, 5) is 43.8. The summed E-state index contributed by atoms with van der Waals surface area (Å²) in [7, 11) is 0. The van der Waals surface area contributed by atoms with Crippen molar-refractivity contribution >= 4 is 46.7 Å². The van der Waals surface area contributed by atoms with Crippen molar-refractivity contribution in [2.75, 3.05) is 11.4 Å². The first-order chi connectivity index (χ1) is 14.7. The third-order valence-corrected chi connectivity index (χ3v) is 5.27. The van der Waals surface area contributed by atoms with Gasteiger partial charge in [-0.25, -0.2) is 9.37 Å². The molecule has 1 saturated heterocycles. The molecule has 2 aromatic rings. The smallest absolute Gasteiger partial charge is 0.255 e.